The van der Waals surface area contributed by atoms with Crippen LogP contribution in [0.25, 0.3) is 0 Å². The van der Waals surface area contributed by atoms with Gasteiger partial charge in [0.1, 0.15) is 5.75 Å². The molecule has 108 valence electrons. The number of methoxy groups -OCH3 is 1. The Morgan fingerprint density at radius 2 is 1.38 bits per heavy atom. The van der Waals surface area contributed by atoms with E-state index in [0.717, 1.165) is 5.75 Å². The number of nitrogens with one attached hydrogen (secondary N) is 1. The molecule has 2 unspecified atom stereocenters. The van der Waals surface area contributed by atoms with Gasteiger partial charge in [-0.2, -0.15) is 5.26 Å². The highest BCUT2D eigenvalue weighted by atomic mass is 16.5. The maximum atomic E-state index is 8.83. The van der Waals surface area contributed by atoms with Crippen molar-refractivity contribution < 1.29 is 4.74 Å². The molecule has 2 aromatic carbocycles. The molecule has 1 N–H and O–H groups in total. The van der Waals surface area contributed by atoms with Gasteiger partial charge >= 0.3 is 0 Å². The second-order valence-corrected chi connectivity index (χ2v) is 5.12. The molecule has 21 heavy (non-hydrogen) atoms. The molecule has 0 spiro atoms. The third-order valence-corrected chi connectivity index (χ3v) is 3.66. The number of hydrogen-bond donors (Lipinski definition) is 1. The second kappa shape index (κ2) is 6.92. The van der Waals surface area contributed by atoms with Crippen molar-refractivity contribution in [3.8, 4) is 11.8 Å². The molecule has 3 nitrogen and oxygen atoms in total. The van der Waals surface area contributed by atoms with E-state index in [9.17, 15) is 0 Å². The molecule has 0 aliphatic heterocycles. The normalized spacial score (nSPS) is 13.2. The summed E-state index contributed by atoms with van der Waals surface area (Å²) in [5.74, 6) is 0.867. The molecule has 0 fully saturated rings. The van der Waals surface area contributed by atoms with E-state index in [1.54, 1.807) is 7.11 Å². The average Bonchev–Trinajstić information content (AvgIpc) is 2.55. The first-order chi connectivity index (χ1) is 10.1. The molecule has 0 saturated heterocycles. The maximum absolute atomic E-state index is 8.83. The molecule has 0 radical (unpaired) electrons. The van der Waals surface area contributed by atoms with E-state index >= 15 is 0 Å². The largest absolute Gasteiger partial charge is 0.497 e. The van der Waals surface area contributed by atoms with Gasteiger partial charge in [-0.25, -0.2) is 0 Å². The zero-order chi connectivity index (χ0) is 15.2. The summed E-state index contributed by atoms with van der Waals surface area (Å²) in [5.41, 5.74) is 3.08. The Bertz CT molecular complexity index is 611. The van der Waals surface area contributed by atoms with E-state index in [1.807, 2.05) is 36.4 Å². The number of rotatable bonds is 5. The van der Waals surface area contributed by atoms with Crippen LogP contribution in [0.2, 0.25) is 0 Å². The van der Waals surface area contributed by atoms with E-state index in [2.05, 4.69) is 37.4 Å². The van der Waals surface area contributed by atoms with Crippen molar-refractivity contribution in [3.05, 3.63) is 65.2 Å². The molecule has 2 rings (SSSR count). The highest BCUT2D eigenvalue weighted by molar-refractivity contribution is 5.33. The van der Waals surface area contributed by atoms with Crippen molar-refractivity contribution in [1.29, 1.82) is 5.26 Å². The van der Waals surface area contributed by atoms with E-state index < -0.39 is 0 Å². The Morgan fingerprint density at radius 3 is 1.81 bits per heavy atom. The van der Waals surface area contributed by atoms with Crippen LogP contribution >= 0.6 is 0 Å². The zero-order valence-corrected chi connectivity index (χ0v) is 12.6. The SMILES string of the molecule is COc1ccc(C(C)NC(C)c2ccc(C#N)cc2)cc1. The van der Waals surface area contributed by atoms with Crippen molar-refractivity contribution in [3.63, 3.8) is 0 Å². The van der Waals surface area contributed by atoms with Crippen LogP contribution in [0.15, 0.2) is 48.5 Å². The number of nitriles is 1. The maximum Gasteiger partial charge on any atom is 0.118 e. The van der Waals surface area contributed by atoms with E-state index in [4.69, 9.17) is 10.00 Å². The molecule has 0 aromatic heterocycles. The summed E-state index contributed by atoms with van der Waals surface area (Å²) < 4.78 is 5.17. The summed E-state index contributed by atoms with van der Waals surface area (Å²) >= 11 is 0. The summed E-state index contributed by atoms with van der Waals surface area (Å²) in [4.78, 5) is 0. The van der Waals surface area contributed by atoms with Gasteiger partial charge in [0.15, 0.2) is 0 Å². The highest BCUT2D eigenvalue weighted by Gasteiger charge is 2.11. The smallest absolute Gasteiger partial charge is 0.118 e. The fourth-order valence-electron chi connectivity index (χ4n) is 2.31. The highest BCUT2D eigenvalue weighted by Crippen LogP contribution is 2.21. The first kappa shape index (κ1) is 15.1. The molecule has 0 aliphatic rings. The molecular formula is C18H20N2O. The van der Waals surface area contributed by atoms with E-state index in [-0.39, 0.29) is 12.1 Å². The number of benzene rings is 2. The minimum atomic E-state index is 0.217. The standard InChI is InChI=1S/C18H20N2O/c1-13(16-6-4-15(12-19)5-7-16)20-14(2)17-8-10-18(21-3)11-9-17/h4-11,13-14,20H,1-3H3. The predicted molar refractivity (Wildman–Crippen MR) is 84.1 cm³/mol. The second-order valence-electron chi connectivity index (χ2n) is 5.12. The third kappa shape index (κ3) is 3.84. The molecule has 2 atom stereocenters. The van der Waals surface area contributed by atoms with Gasteiger partial charge in [-0.15, -0.1) is 0 Å². The molecule has 0 heterocycles. The molecule has 2 aromatic rings. The van der Waals surface area contributed by atoms with Crippen molar-refractivity contribution >= 4 is 0 Å². The topological polar surface area (TPSA) is 45.0 Å². The van der Waals surface area contributed by atoms with Gasteiger partial charge in [0.05, 0.1) is 18.7 Å². The Balaban J connectivity index is 2.03. The fourth-order valence-corrected chi connectivity index (χ4v) is 2.31. The van der Waals surface area contributed by atoms with Crippen LogP contribution in [0.3, 0.4) is 0 Å². The minimum absolute atomic E-state index is 0.217. The van der Waals surface area contributed by atoms with Crippen molar-refractivity contribution in [2.24, 2.45) is 0 Å². The van der Waals surface area contributed by atoms with E-state index in [1.165, 1.54) is 11.1 Å². The van der Waals surface area contributed by atoms with Gasteiger partial charge in [0.2, 0.25) is 0 Å². The van der Waals surface area contributed by atoms with Crippen LogP contribution in [-0.2, 0) is 0 Å². The average molecular weight is 280 g/mol. The first-order valence-electron chi connectivity index (χ1n) is 7.04. The molecule has 0 bridgehead atoms. The molecule has 3 heteroatoms. The summed E-state index contributed by atoms with van der Waals surface area (Å²) in [6.45, 7) is 4.27. The Hall–Kier alpha value is -2.31. The molecule has 0 aliphatic carbocycles. The lowest BCUT2D eigenvalue weighted by atomic mass is 10.0. The minimum Gasteiger partial charge on any atom is -0.497 e. The third-order valence-electron chi connectivity index (χ3n) is 3.66. The van der Waals surface area contributed by atoms with Crippen LogP contribution in [0.5, 0.6) is 5.75 Å². The Labute approximate surface area is 126 Å². The number of nitrogens with zero attached hydrogens (tertiary/aromatic N) is 1. The number of hydrogen-bond acceptors (Lipinski definition) is 3. The van der Waals surface area contributed by atoms with Crippen LogP contribution in [-0.4, -0.2) is 7.11 Å². The first-order valence-corrected chi connectivity index (χ1v) is 7.04. The lowest BCUT2D eigenvalue weighted by molar-refractivity contribution is 0.414. The lowest BCUT2D eigenvalue weighted by Crippen LogP contribution is -2.22. The van der Waals surface area contributed by atoms with Gasteiger partial charge in [-0.05, 0) is 49.2 Å². The Kier molecular flexibility index (Phi) is 4.97. The fraction of sp³-hybridized carbons (Fsp3) is 0.278. The van der Waals surface area contributed by atoms with Crippen LogP contribution in [0.4, 0.5) is 0 Å². The van der Waals surface area contributed by atoms with Gasteiger partial charge in [-0.3, -0.25) is 0 Å². The van der Waals surface area contributed by atoms with Crippen molar-refractivity contribution in [2.75, 3.05) is 7.11 Å². The quantitative estimate of drug-likeness (QED) is 0.901. The zero-order valence-electron chi connectivity index (χ0n) is 12.6. The Morgan fingerprint density at radius 1 is 0.905 bits per heavy atom. The number of ether oxygens (including phenoxy) is 1. The van der Waals surface area contributed by atoms with Crippen molar-refractivity contribution in [2.45, 2.75) is 25.9 Å². The summed E-state index contributed by atoms with van der Waals surface area (Å²) in [6.07, 6.45) is 0. The van der Waals surface area contributed by atoms with Crippen LogP contribution in [0, 0.1) is 11.3 Å². The van der Waals surface area contributed by atoms with Crippen LogP contribution in [0.1, 0.15) is 42.6 Å². The summed E-state index contributed by atoms with van der Waals surface area (Å²) in [7, 11) is 1.67. The molecule has 0 saturated carbocycles. The lowest BCUT2D eigenvalue weighted by Gasteiger charge is -2.21. The van der Waals surface area contributed by atoms with Crippen molar-refractivity contribution in [1.82, 2.24) is 5.32 Å². The molecular weight excluding hydrogens is 260 g/mol. The van der Waals surface area contributed by atoms with E-state index in [0.29, 0.717) is 5.56 Å². The summed E-state index contributed by atoms with van der Waals surface area (Å²) in [5, 5.41) is 12.4. The predicted octanol–water partition coefficient (Wildman–Crippen LogP) is 3.98. The monoisotopic (exact) mass is 280 g/mol. The summed E-state index contributed by atoms with van der Waals surface area (Å²) in [6, 6.07) is 18.4. The van der Waals surface area contributed by atoms with Gasteiger partial charge in [0, 0.05) is 12.1 Å². The molecule has 0 amide bonds. The van der Waals surface area contributed by atoms with Gasteiger partial charge in [0.25, 0.3) is 0 Å². The van der Waals surface area contributed by atoms with Gasteiger partial charge < -0.3 is 10.1 Å². The van der Waals surface area contributed by atoms with Gasteiger partial charge in [-0.1, -0.05) is 24.3 Å². The van der Waals surface area contributed by atoms with Crippen LogP contribution < -0.4 is 10.1 Å².